The number of nitriles is 1. The number of morpholine rings is 1. The number of nitrogens with zero attached hydrogens (tertiary/aromatic N) is 5. The lowest BCUT2D eigenvalue weighted by molar-refractivity contribution is 0.122. The second-order valence-corrected chi connectivity index (χ2v) is 9.27. The molecule has 2 aromatic carbocycles. The molecule has 1 aliphatic rings. The van der Waals surface area contributed by atoms with Crippen molar-refractivity contribution in [3.63, 3.8) is 0 Å². The monoisotopic (exact) mass is 509 g/mol. The summed E-state index contributed by atoms with van der Waals surface area (Å²) in [6.45, 7) is 5.39. The van der Waals surface area contributed by atoms with Gasteiger partial charge in [0, 0.05) is 30.5 Å². The van der Waals surface area contributed by atoms with Gasteiger partial charge in [-0.3, -0.25) is 9.97 Å². The predicted molar refractivity (Wildman–Crippen MR) is 146 cm³/mol. The number of methoxy groups -OCH3 is 1. The van der Waals surface area contributed by atoms with Crippen LogP contribution in [-0.4, -0.2) is 48.4 Å². The summed E-state index contributed by atoms with van der Waals surface area (Å²) in [7, 11) is 1.63. The third-order valence-electron chi connectivity index (χ3n) is 6.64. The molecule has 0 spiro atoms. The number of aryl methyl sites for hydroxylation is 1. The van der Waals surface area contributed by atoms with Crippen molar-refractivity contribution < 1.29 is 14.2 Å². The number of ether oxygens (including phenoxy) is 3. The molecule has 5 rings (SSSR count). The SMILES string of the molecule is CCCc1ccc(COc2ccc(Cc3ccc4ncc(N5CCOCC5)nc4c3C#N)cc2OC)cn1. The van der Waals surface area contributed by atoms with E-state index in [1.807, 2.05) is 42.6 Å². The molecular formula is C30H31N5O3. The van der Waals surface area contributed by atoms with Crippen molar-refractivity contribution in [1.29, 1.82) is 5.26 Å². The van der Waals surface area contributed by atoms with Crippen LogP contribution in [0.3, 0.4) is 0 Å². The van der Waals surface area contributed by atoms with Gasteiger partial charge in [0.05, 0.1) is 37.6 Å². The average molecular weight is 510 g/mol. The van der Waals surface area contributed by atoms with E-state index in [1.165, 1.54) is 0 Å². The molecule has 0 unspecified atom stereocenters. The van der Waals surface area contributed by atoms with Gasteiger partial charge < -0.3 is 19.1 Å². The molecule has 1 fully saturated rings. The second-order valence-electron chi connectivity index (χ2n) is 9.27. The number of hydrogen-bond donors (Lipinski definition) is 0. The zero-order valence-electron chi connectivity index (χ0n) is 21.8. The highest BCUT2D eigenvalue weighted by atomic mass is 16.5. The maximum Gasteiger partial charge on any atom is 0.161 e. The van der Waals surface area contributed by atoms with Crippen LogP contribution in [-0.2, 0) is 24.2 Å². The predicted octanol–water partition coefficient (Wildman–Crippen LogP) is 4.86. The number of hydrogen-bond acceptors (Lipinski definition) is 8. The van der Waals surface area contributed by atoms with Crippen LogP contribution in [0.5, 0.6) is 11.5 Å². The Balaban J connectivity index is 1.35. The van der Waals surface area contributed by atoms with Crippen LogP contribution < -0.4 is 14.4 Å². The first kappa shape index (κ1) is 25.4. The molecule has 0 radical (unpaired) electrons. The topological polar surface area (TPSA) is 93.4 Å². The lowest BCUT2D eigenvalue weighted by atomic mass is 9.98. The molecule has 1 saturated heterocycles. The summed E-state index contributed by atoms with van der Waals surface area (Å²) in [5, 5.41) is 10.1. The third-order valence-corrected chi connectivity index (χ3v) is 6.64. The van der Waals surface area contributed by atoms with Gasteiger partial charge in [0.2, 0.25) is 0 Å². The molecule has 0 N–H and O–H groups in total. The molecule has 8 heteroatoms. The first-order valence-electron chi connectivity index (χ1n) is 12.9. The highest BCUT2D eigenvalue weighted by Gasteiger charge is 2.17. The fourth-order valence-corrected chi connectivity index (χ4v) is 4.59. The van der Waals surface area contributed by atoms with Gasteiger partial charge in [0.25, 0.3) is 0 Å². The maximum atomic E-state index is 10.1. The van der Waals surface area contributed by atoms with E-state index in [2.05, 4.69) is 33.9 Å². The lowest BCUT2D eigenvalue weighted by Gasteiger charge is -2.27. The Labute approximate surface area is 222 Å². The van der Waals surface area contributed by atoms with Gasteiger partial charge in [-0.05, 0) is 48.2 Å². The van der Waals surface area contributed by atoms with E-state index in [1.54, 1.807) is 13.3 Å². The third kappa shape index (κ3) is 5.68. The number of benzene rings is 2. The highest BCUT2D eigenvalue weighted by Crippen LogP contribution is 2.31. The Morgan fingerprint density at radius 3 is 2.58 bits per heavy atom. The average Bonchev–Trinajstić information content (AvgIpc) is 2.97. The van der Waals surface area contributed by atoms with E-state index < -0.39 is 0 Å². The Kier molecular flexibility index (Phi) is 7.95. The van der Waals surface area contributed by atoms with Gasteiger partial charge >= 0.3 is 0 Å². The van der Waals surface area contributed by atoms with Gasteiger partial charge in [-0.2, -0.15) is 5.26 Å². The van der Waals surface area contributed by atoms with Crippen molar-refractivity contribution in [2.75, 3.05) is 38.3 Å². The van der Waals surface area contributed by atoms with E-state index in [0.29, 0.717) is 54.3 Å². The van der Waals surface area contributed by atoms with Crippen LogP contribution >= 0.6 is 0 Å². The molecule has 0 atom stereocenters. The van der Waals surface area contributed by atoms with E-state index >= 15 is 0 Å². The van der Waals surface area contributed by atoms with Crippen LogP contribution in [0.4, 0.5) is 5.82 Å². The fraction of sp³-hybridized carbons (Fsp3) is 0.333. The number of anilines is 1. The van der Waals surface area contributed by atoms with Gasteiger partial charge in [0.15, 0.2) is 11.5 Å². The molecule has 0 amide bonds. The van der Waals surface area contributed by atoms with E-state index in [4.69, 9.17) is 19.2 Å². The van der Waals surface area contributed by atoms with Gasteiger partial charge in [-0.1, -0.05) is 31.5 Å². The van der Waals surface area contributed by atoms with Crippen LogP contribution in [0.1, 0.15) is 41.3 Å². The van der Waals surface area contributed by atoms with Crippen molar-refractivity contribution in [2.45, 2.75) is 32.8 Å². The summed E-state index contributed by atoms with van der Waals surface area (Å²) in [6, 6.07) is 16.2. The van der Waals surface area contributed by atoms with Gasteiger partial charge in [-0.25, -0.2) is 4.98 Å². The molecule has 38 heavy (non-hydrogen) atoms. The number of rotatable bonds is 9. The fourth-order valence-electron chi connectivity index (χ4n) is 4.59. The Morgan fingerprint density at radius 1 is 1.00 bits per heavy atom. The maximum absolute atomic E-state index is 10.1. The van der Waals surface area contributed by atoms with Crippen LogP contribution in [0, 0.1) is 11.3 Å². The van der Waals surface area contributed by atoms with Crippen LogP contribution in [0.2, 0.25) is 0 Å². The van der Waals surface area contributed by atoms with Crippen molar-refractivity contribution in [2.24, 2.45) is 0 Å². The lowest BCUT2D eigenvalue weighted by Crippen LogP contribution is -2.36. The summed E-state index contributed by atoms with van der Waals surface area (Å²) < 4.78 is 17.1. The minimum Gasteiger partial charge on any atom is -0.493 e. The summed E-state index contributed by atoms with van der Waals surface area (Å²) >= 11 is 0. The zero-order chi connectivity index (χ0) is 26.3. The van der Waals surface area contributed by atoms with Gasteiger partial charge in [-0.15, -0.1) is 0 Å². The zero-order valence-corrected chi connectivity index (χ0v) is 21.8. The number of aromatic nitrogens is 3. The summed E-state index contributed by atoms with van der Waals surface area (Å²) in [5.41, 5.74) is 5.87. The van der Waals surface area contributed by atoms with Crippen molar-refractivity contribution in [1.82, 2.24) is 15.0 Å². The van der Waals surface area contributed by atoms with E-state index in [-0.39, 0.29) is 0 Å². The highest BCUT2D eigenvalue weighted by molar-refractivity contribution is 5.83. The quantitative estimate of drug-likeness (QED) is 0.316. The molecule has 3 heterocycles. The first-order chi connectivity index (χ1) is 18.7. The summed E-state index contributed by atoms with van der Waals surface area (Å²) in [4.78, 5) is 16.0. The molecule has 0 bridgehead atoms. The van der Waals surface area contributed by atoms with E-state index in [9.17, 15) is 5.26 Å². The minimum absolute atomic E-state index is 0.405. The molecule has 1 aliphatic heterocycles. The van der Waals surface area contributed by atoms with Crippen molar-refractivity contribution in [3.05, 3.63) is 82.8 Å². The molecule has 194 valence electrons. The van der Waals surface area contributed by atoms with Crippen LogP contribution in [0.25, 0.3) is 11.0 Å². The van der Waals surface area contributed by atoms with Gasteiger partial charge in [0.1, 0.15) is 24.0 Å². The molecule has 2 aromatic heterocycles. The van der Waals surface area contributed by atoms with E-state index in [0.717, 1.165) is 54.1 Å². The molecule has 8 nitrogen and oxygen atoms in total. The Bertz CT molecular complexity index is 1440. The summed E-state index contributed by atoms with van der Waals surface area (Å²) in [5.74, 6) is 2.08. The largest absolute Gasteiger partial charge is 0.493 e. The first-order valence-corrected chi connectivity index (χ1v) is 12.9. The Hall–Kier alpha value is -4.22. The Morgan fingerprint density at radius 2 is 1.84 bits per heavy atom. The molecule has 0 saturated carbocycles. The van der Waals surface area contributed by atoms with Crippen molar-refractivity contribution in [3.8, 4) is 17.6 Å². The minimum atomic E-state index is 0.405. The van der Waals surface area contributed by atoms with Crippen molar-refractivity contribution >= 4 is 16.9 Å². The normalized spacial score (nSPS) is 13.3. The summed E-state index contributed by atoms with van der Waals surface area (Å²) in [6.07, 6.45) is 6.24. The van der Waals surface area contributed by atoms with Crippen LogP contribution in [0.15, 0.2) is 54.9 Å². The second kappa shape index (κ2) is 11.9. The number of pyridine rings is 1. The molecule has 0 aliphatic carbocycles. The molecular weight excluding hydrogens is 478 g/mol. The number of fused-ring (bicyclic) bond motifs is 1. The standard InChI is InChI=1S/C30H31N5O3/c1-3-4-24-8-5-22(18-32-24)20-38-27-10-6-21(16-28(27)36-2)15-23-7-9-26-30(25(23)17-31)34-29(19-33-26)35-11-13-37-14-12-35/h5-10,16,18-19H,3-4,11-15,20H2,1-2H3. The smallest absolute Gasteiger partial charge is 0.161 e. The molecule has 4 aromatic rings.